The molecule has 0 unspecified atom stereocenters. The van der Waals surface area contributed by atoms with Crippen LogP contribution in [0.4, 0.5) is 0 Å². The quantitative estimate of drug-likeness (QED) is 0.582. The summed E-state index contributed by atoms with van der Waals surface area (Å²) in [6, 6.07) is 0. The van der Waals surface area contributed by atoms with Crippen LogP contribution in [-0.4, -0.2) is 30.6 Å². The number of rotatable bonds is 4. The highest BCUT2D eigenvalue weighted by Gasteiger charge is 2.38. The van der Waals surface area contributed by atoms with Crippen LogP contribution in [0.1, 0.15) is 53.9 Å². The number of esters is 1. The molecule has 0 N–H and O–H groups in total. The minimum atomic E-state index is -0.541. The van der Waals surface area contributed by atoms with Crippen molar-refractivity contribution in [2.24, 2.45) is 11.3 Å². The van der Waals surface area contributed by atoms with Gasteiger partial charge in [-0.2, -0.15) is 0 Å². The number of hydrogen-bond donors (Lipinski definition) is 0. The first kappa shape index (κ1) is 16.2. The summed E-state index contributed by atoms with van der Waals surface area (Å²) < 4.78 is 10.5. The fraction of sp³-hybridized carbons (Fsp3) is 0.867. The lowest BCUT2D eigenvalue weighted by Crippen LogP contribution is -2.38. The van der Waals surface area contributed by atoms with Crippen molar-refractivity contribution in [2.45, 2.75) is 59.5 Å². The van der Waals surface area contributed by atoms with Gasteiger partial charge in [0.2, 0.25) is 0 Å². The predicted molar refractivity (Wildman–Crippen MR) is 72.8 cm³/mol. The van der Waals surface area contributed by atoms with E-state index in [1.807, 2.05) is 13.8 Å². The first-order valence-corrected chi connectivity index (χ1v) is 6.96. The third-order valence-electron chi connectivity index (χ3n) is 3.69. The Morgan fingerprint density at radius 1 is 1.11 bits per heavy atom. The summed E-state index contributed by atoms with van der Waals surface area (Å²) in [6.45, 7) is 10.7. The Kier molecular flexibility index (Phi) is 5.13. The molecule has 1 aliphatic heterocycles. The molecule has 4 heteroatoms. The van der Waals surface area contributed by atoms with Gasteiger partial charge in [0.05, 0.1) is 0 Å². The maximum atomic E-state index is 12.3. The highest BCUT2D eigenvalue weighted by Crippen LogP contribution is 2.36. The van der Waals surface area contributed by atoms with Crippen LogP contribution in [0.2, 0.25) is 0 Å². The molecule has 1 saturated heterocycles. The topological polar surface area (TPSA) is 52.6 Å². The maximum absolute atomic E-state index is 12.3. The van der Waals surface area contributed by atoms with Gasteiger partial charge in [-0.25, -0.2) is 0 Å². The van der Waals surface area contributed by atoms with E-state index >= 15 is 0 Å². The molecular formula is C15H26O4. The van der Waals surface area contributed by atoms with E-state index in [1.165, 1.54) is 0 Å². The molecule has 1 rings (SSSR count). The summed E-state index contributed by atoms with van der Waals surface area (Å²) >= 11 is 0. The van der Waals surface area contributed by atoms with E-state index in [-0.39, 0.29) is 18.1 Å². The fourth-order valence-electron chi connectivity index (χ4n) is 2.38. The van der Waals surface area contributed by atoms with Crippen LogP contribution in [0.15, 0.2) is 0 Å². The van der Waals surface area contributed by atoms with Crippen LogP contribution in [0.25, 0.3) is 0 Å². The van der Waals surface area contributed by atoms with Crippen molar-refractivity contribution in [2.75, 3.05) is 13.2 Å². The molecule has 0 aromatic heterocycles. The monoisotopic (exact) mass is 270 g/mol. The molecule has 110 valence electrons. The zero-order valence-corrected chi connectivity index (χ0v) is 12.7. The molecule has 0 aliphatic carbocycles. The molecule has 1 heterocycles. The standard InChI is InChI=1S/C15H26O4/c1-14(2,3)19-13(17)10-12(16)15(4,5)11-6-8-18-9-7-11/h11H,6-10H2,1-5H3. The molecule has 0 amide bonds. The summed E-state index contributed by atoms with van der Waals surface area (Å²) in [5.41, 5.74) is -1.03. The molecule has 0 radical (unpaired) electrons. The van der Waals surface area contributed by atoms with E-state index < -0.39 is 17.0 Å². The van der Waals surface area contributed by atoms with Gasteiger partial charge in [0.15, 0.2) is 0 Å². The van der Waals surface area contributed by atoms with Crippen molar-refractivity contribution < 1.29 is 19.1 Å². The molecule has 0 atom stereocenters. The van der Waals surface area contributed by atoms with Gasteiger partial charge in [-0.3, -0.25) is 9.59 Å². The summed E-state index contributed by atoms with van der Waals surface area (Å²) in [5, 5.41) is 0. The number of hydrogen-bond acceptors (Lipinski definition) is 4. The molecule has 0 spiro atoms. The molecule has 0 bridgehead atoms. The van der Waals surface area contributed by atoms with E-state index in [9.17, 15) is 9.59 Å². The Balaban J connectivity index is 2.58. The second-order valence-electron chi connectivity index (χ2n) is 6.79. The average molecular weight is 270 g/mol. The van der Waals surface area contributed by atoms with E-state index in [4.69, 9.17) is 9.47 Å². The van der Waals surface area contributed by atoms with Crippen molar-refractivity contribution in [3.05, 3.63) is 0 Å². The third kappa shape index (κ3) is 4.94. The Morgan fingerprint density at radius 2 is 1.63 bits per heavy atom. The maximum Gasteiger partial charge on any atom is 0.313 e. The molecular weight excluding hydrogens is 244 g/mol. The molecule has 1 fully saturated rings. The van der Waals surface area contributed by atoms with E-state index in [0.29, 0.717) is 13.2 Å². The Labute approximate surface area is 115 Å². The van der Waals surface area contributed by atoms with Gasteiger partial charge in [-0.1, -0.05) is 13.8 Å². The van der Waals surface area contributed by atoms with Crippen LogP contribution in [0, 0.1) is 11.3 Å². The van der Waals surface area contributed by atoms with Crippen LogP contribution in [-0.2, 0) is 19.1 Å². The van der Waals surface area contributed by atoms with Crippen molar-refractivity contribution in [3.63, 3.8) is 0 Å². The van der Waals surface area contributed by atoms with Gasteiger partial charge in [-0.15, -0.1) is 0 Å². The lowest BCUT2D eigenvalue weighted by molar-refractivity contribution is -0.158. The zero-order chi connectivity index (χ0) is 14.7. The van der Waals surface area contributed by atoms with E-state index in [0.717, 1.165) is 12.8 Å². The SMILES string of the molecule is CC(C)(C)OC(=O)CC(=O)C(C)(C)C1CCOCC1. The average Bonchev–Trinajstić information content (AvgIpc) is 2.27. The normalized spacial score (nSPS) is 18.2. The molecule has 4 nitrogen and oxygen atoms in total. The Hall–Kier alpha value is -0.900. The second-order valence-corrected chi connectivity index (χ2v) is 6.79. The molecule has 0 aromatic carbocycles. The van der Waals surface area contributed by atoms with Gasteiger partial charge < -0.3 is 9.47 Å². The van der Waals surface area contributed by atoms with Crippen LogP contribution >= 0.6 is 0 Å². The lowest BCUT2D eigenvalue weighted by atomic mass is 9.71. The fourth-order valence-corrected chi connectivity index (χ4v) is 2.38. The van der Waals surface area contributed by atoms with Crippen LogP contribution in [0.5, 0.6) is 0 Å². The number of Topliss-reactive ketones (excluding diaryl/α,β-unsaturated/α-hetero) is 1. The molecule has 0 saturated carbocycles. The Bertz CT molecular complexity index is 333. The third-order valence-corrected chi connectivity index (χ3v) is 3.69. The van der Waals surface area contributed by atoms with Gasteiger partial charge in [0.25, 0.3) is 0 Å². The van der Waals surface area contributed by atoms with Crippen LogP contribution < -0.4 is 0 Å². The van der Waals surface area contributed by atoms with Crippen molar-refractivity contribution >= 4 is 11.8 Å². The first-order valence-electron chi connectivity index (χ1n) is 6.96. The molecule has 19 heavy (non-hydrogen) atoms. The van der Waals surface area contributed by atoms with Crippen molar-refractivity contribution in [1.82, 2.24) is 0 Å². The van der Waals surface area contributed by atoms with Gasteiger partial charge in [0.1, 0.15) is 17.8 Å². The smallest absolute Gasteiger partial charge is 0.313 e. The number of carbonyl (C=O) groups is 2. The zero-order valence-electron chi connectivity index (χ0n) is 12.7. The first-order chi connectivity index (χ1) is 8.63. The largest absolute Gasteiger partial charge is 0.460 e. The minimum Gasteiger partial charge on any atom is -0.460 e. The molecule has 1 aliphatic rings. The van der Waals surface area contributed by atoms with Gasteiger partial charge >= 0.3 is 5.97 Å². The van der Waals surface area contributed by atoms with Gasteiger partial charge in [-0.05, 0) is 39.5 Å². The summed E-state index contributed by atoms with van der Waals surface area (Å²) in [4.78, 5) is 24.0. The lowest BCUT2D eigenvalue weighted by Gasteiger charge is -2.35. The van der Waals surface area contributed by atoms with E-state index in [1.54, 1.807) is 20.8 Å². The summed E-state index contributed by atoms with van der Waals surface area (Å²) in [5.74, 6) is -0.178. The summed E-state index contributed by atoms with van der Waals surface area (Å²) in [6.07, 6.45) is 1.63. The highest BCUT2D eigenvalue weighted by atomic mass is 16.6. The van der Waals surface area contributed by atoms with Crippen molar-refractivity contribution in [1.29, 1.82) is 0 Å². The second kappa shape index (κ2) is 6.04. The number of ether oxygens (including phenoxy) is 2. The number of ketones is 1. The Morgan fingerprint density at radius 3 is 2.11 bits per heavy atom. The van der Waals surface area contributed by atoms with Gasteiger partial charge in [0, 0.05) is 18.6 Å². The minimum absolute atomic E-state index is 0.0337. The van der Waals surface area contributed by atoms with E-state index in [2.05, 4.69) is 0 Å². The molecule has 0 aromatic rings. The van der Waals surface area contributed by atoms with Crippen LogP contribution in [0.3, 0.4) is 0 Å². The highest BCUT2D eigenvalue weighted by molar-refractivity contribution is 5.98. The number of carbonyl (C=O) groups excluding carboxylic acids is 2. The predicted octanol–water partition coefficient (Wildman–Crippen LogP) is 2.74. The summed E-state index contributed by atoms with van der Waals surface area (Å²) in [7, 11) is 0. The van der Waals surface area contributed by atoms with Crippen molar-refractivity contribution in [3.8, 4) is 0 Å².